The van der Waals surface area contributed by atoms with Crippen LogP contribution in [-0.2, 0) is 4.79 Å². The van der Waals surface area contributed by atoms with Crippen molar-refractivity contribution in [3.63, 3.8) is 0 Å². The van der Waals surface area contributed by atoms with E-state index in [0.29, 0.717) is 5.56 Å². The van der Waals surface area contributed by atoms with Crippen LogP contribution in [0.5, 0.6) is 5.75 Å². The first-order valence-corrected chi connectivity index (χ1v) is 6.88. The maximum absolute atomic E-state index is 12.9. The first kappa shape index (κ1) is 17.0. The molecule has 0 N–H and O–H groups in total. The lowest BCUT2D eigenvalue weighted by Crippen LogP contribution is -1.98. The first-order valence-electron chi connectivity index (χ1n) is 6.88. The number of isocyanates is 1. The number of hydrogen-bond donors (Lipinski definition) is 0. The molecule has 0 aliphatic heterocycles. The summed E-state index contributed by atoms with van der Waals surface area (Å²) in [6.07, 6.45) is 2.75. The van der Waals surface area contributed by atoms with E-state index in [2.05, 4.69) is 9.98 Å². The van der Waals surface area contributed by atoms with Gasteiger partial charge in [-0.05, 0) is 30.7 Å². The fraction of sp³-hybridized carbons (Fsp3) is 0.125. The summed E-state index contributed by atoms with van der Waals surface area (Å²) in [6.45, 7) is 1.82. The summed E-state index contributed by atoms with van der Waals surface area (Å²) in [4.78, 5) is 28.6. The number of hydrogen-bond acceptors (Lipinski definition) is 6. The van der Waals surface area contributed by atoms with Crippen LogP contribution in [0, 0.1) is 15.9 Å². The minimum absolute atomic E-state index is 0.0349. The molecule has 0 unspecified atom stereocenters. The molecule has 0 saturated heterocycles. The Hall–Kier alpha value is -3.38. The number of ether oxygens (including phenoxy) is 1. The van der Waals surface area contributed by atoms with Crippen molar-refractivity contribution in [3.05, 3.63) is 57.9 Å². The highest BCUT2D eigenvalue weighted by molar-refractivity contribution is 5.83. The molecule has 7 nitrogen and oxygen atoms in total. The van der Waals surface area contributed by atoms with E-state index in [0.717, 1.165) is 0 Å². The Balaban J connectivity index is 2.48. The molecule has 2 aromatic rings. The Morgan fingerprint density at radius 3 is 2.62 bits per heavy atom. The van der Waals surface area contributed by atoms with E-state index in [1.165, 1.54) is 48.7 Å². The fourth-order valence-corrected chi connectivity index (χ4v) is 1.92. The van der Waals surface area contributed by atoms with Gasteiger partial charge in [-0.15, -0.1) is 0 Å². The van der Waals surface area contributed by atoms with Gasteiger partial charge in [0.2, 0.25) is 11.8 Å². The van der Waals surface area contributed by atoms with E-state index < -0.39 is 4.92 Å². The van der Waals surface area contributed by atoms with Crippen LogP contribution in [0.2, 0.25) is 0 Å². The summed E-state index contributed by atoms with van der Waals surface area (Å²) in [7, 11) is 0. The van der Waals surface area contributed by atoms with Gasteiger partial charge in [0.1, 0.15) is 11.5 Å². The van der Waals surface area contributed by atoms with Crippen LogP contribution in [0.3, 0.4) is 0 Å². The minimum atomic E-state index is -0.647. The third-order valence-electron chi connectivity index (χ3n) is 2.92. The average Bonchev–Trinajstić information content (AvgIpc) is 2.56. The van der Waals surface area contributed by atoms with Gasteiger partial charge in [0.05, 0.1) is 17.2 Å². The lowest BCUT2D eigenvalue weighted by Gasteiger charge is -2.07. The maximum atomic E-state index is 12.9. The van der Waals surface area contributed by atoms with Gasteiger partial charge in [-0.1, -0.05) is 12.1 Å². The van der Waals surface area contributed by atoms with E-state index in [1.807, 2.05) is 0 Å². The van der Waals surface area contributed by atoms with E-state index >= 15 is 0 Å². The molecule has 0 aliphatic carbocycles. The predicted molar refractivity (Wildman–Crippen MR) is 85.7 cm³/mol. The van der Waals surface area contributed by atoms with Gasteiger partial charge in [0.25, 0.3) is 0 Å². The second-order valence-corrected chi connectivity index (χ2v) is 4.52. The molecule has 0 saturated carbocycles. The van der Waals surface area contributed by atoms with Crippen molar-refractivity contribution < 1.29 is 18.8 Å². The van der Waals surface area contributed by atoms with Gasteiger partial charge in [0.15, 0.2) is 0 Å². The summed E-state index contributed by atoms with van der Waals surface area (Å²) < 4.78 is 18.1. The molecule has 0 spiro atoms. The zero-order chi connectivity index (χ0) is 17.5. The molecule has 0 aromatic heterocycles. The van der Waals surface area contributed by atoms with E-state index in [4.69, 9.17) is 4.74 Å². The number of halogens is 1. The molecule has 0 bridgehead atoms. The molecule has 0 aliphatic rings. The molecule has 24 heavy (non-hydrogen) atoms. The number of carbonyl (C=O) groups excluding carboxylic acids is 1. The number of aliphatic imine (C=N–C) groups is 2. The van der Waals surface area contributed by atoms with Crippen molar-refractivity contribution in [2.75, 3.05) is 6.61 Å². The quantitative estimate of drug-likeness (QED) is 0.348. The zero-order valence-corrected chi connectivity index (χ0v) is 12.6. The standard InChI is InChI=1S/C16H12FN3O4/c1-2-24-16-14(19-10-21)7-13(8-15(16)20(22)23)18-9-11-3-5-12(17)6-4-11/h3-9H,2H2,1H3. The molecular formula is C16H12FN3O4. The molecule has 0 radical (unpaired) electrons. The summed E-state index contributed by atoms with van der Waals surface area (Å²) in [5.74, 6) is -0.502. The van der Waals surface area contributed by atoms with Crippen molar-refractivity contribution in [3.8, 4) is 5.75 Å². The van der Waals surface area contributed by atoms with Gasteiger partial charge in [-0.25, -0.2) is 9.18 Å². The molecule has 122 valence electrons. The van der Waals surface area contributed by atoms with E-state index in [1.54, 1.807) is 6.92 Å². The lowest BCUT2D eigenvalue weighted by molar-refractivity contribution is -0.385. The van der Waals surface area contributed by atoms with Gasteiger partial charge in [-0.3, -0.25) is 15.1 Å². The topological polar surface area (TPSA) is 94.2 Å². The third-order valence-corrected chi connectivity index (χ3v) is 2.92. The first-order chi connectivity index (χ1) is 11.5. The molecule has 8 heteroatoms. The third kappa shape index (κ3) is 4.08. The van der Waals surface area contributed by atoms with Crippen LogP contribution >= 0.6 is 0 Å². The van der Waals surface area contributed by atoms with Crippen molar-refractivity contribution in [1.82, 2.24) is 0 Å². The molecule has 0 fully saturated rings. The Morgan fingerprint density at radius 2 is 2.04 bits per heavy atom. The average molecular weight is 329 g/mol. The number of nitro groups is 1. The van der Waals surface area contributed by atoms with E-state index in [9.17, 15) is 19.3 Å². The highest BCUT2D eigenvalue weighted by Crippen LogP contribution is 2.40. The second-order valence-electron chi connectivity index (χ2n) is 4.52. The molecule has 2 rings (SSSR count). The smallest absolute Gasteiger partial charge is 0.315 e. The monoisotopic (exact) mass is 329 g/mol. The highest BCUT2D eigenvalue weighted by Gasteiger charge is 2.21. The molecule has 0 atom stereocenters. The maximum Gasteiger partial charge on any atom is 0.315 e. The zero-order valence-electron chi connectivity index (χ0n) is 12.6. The normalized spacial score (nSPS) is 10.4. The second kappa shape index (κ2) is 7.75. The lowest BCUT2D eigenvalue weighted by atomic mass is 10.2. The number of rotatable bonds is 6. The molecule has 2 aromatic carbocycles. The van der Waals surface area contributed by atoms with Crippen LogP contribution in [0.25, 0.3) is 0 Å². The van der Waals surface area contributed by atoms with E-state index in [-0.39, 0.29) is 35.2 Å². The van der Waals surface area contributed by atoms with Crippen LogP contribution in [0.1, 0.15) is 12.5 Å². The molecule has 0 heterocycles. The Bertz CT molecular complexity index is 805. The Kier molecular flexibility index (Phi) is 5.49. The fourth-order valence-electron chi connectivity index (χ4n) is 1.92. The van der Waals surface area contributed by atoms with Crippen LogP contribution in [-0.4, -0.2) is 23.8 Å². The summed E-state index contributed by atoms with van der Waals surface area (Å²) >= 11 is 0. The SMILES string of the molecule is CCOc1c(N=C=O)cc(N=Cc2ccc(F)cc2)cc1[N+](=O)[O-]. The van der Waals surface area contributed by atoms with Crippen molar-refractivity contribution >= 4 is 29.4 Å². The number of benzene rings is 2. The summed E-state index contributed by atoms with van der Waals surface area (Å²) in [5, 5.41) is 11.2. The predicted octanol–water partition coefficient (Wildman–Crippen LogP) is 3.85. The van der Waals surface area contributed by atoms with Gasteiger partial charge in [-0.2, -0.15) is 4.99 Å². The van der Waals surface area contributed by atoms with Crippen LogP contribution < -0.4 is 4.74 Å². The highest BCUT2D eigenvalue weighted by atomic mass is 19.1. The largest absolute Gasteiger partial charge is 0.486 e. The summed E-state index contributed by atoms with van der Waals surface area (Å²) in [6, 6.07) is 8.12. The van der Waals surface area contributed by atoms with Gasteiger partial charge in [0, 0.05) is 12.3 Å². The Morgan fingerprint density at radius 1 is 1.33 bits per heavy atom. The number of nitro benzene ring substituents is 1. The van der Waals surface area contributed by atoms with Crippen LogP contribution in [0.4, 0.5) is 21.5 Å². The van der Waals surface area contributed by atoms with Crippen molar-refractivity contribution in [2.24, 2.45) is 9.98 Å². The summed E-state index contributed by atoms with van der Waals surface area (Å²) in [5.41, 5.74) is 0.406. The minimum Gasteiger partial charge on any atom is -0.486 e. The van der Waals surface area contributed by atoms with Crippen molar-refractivity contribution in [1.29, 1.82) is 0 Å². The molecular weight excluding hydrogens is 317 g/mol. The van der Waals surface area contributed by atoms with Gasteiger partial charge >= 0.3 is 5.69 Å². The van der Waals surface area contributed by atoms with Crippen LogP contribution in [0.15, 0.2) is 46.4 Å². The van der Waals surface area contributed by atoms with Gasteiger partial charge < -0.3 is 4.74 Å². The molecule has 0 amide bonds. The number of nitrogens with zero attached hydrogens (tertiary/aromatic N) is 3. The Labute approximate surface area is 136 Å². The van der Waals surface area contributed by atoms with Crippen molar-refractivity contribution in [2.45, 2.75) is 6.92 Å².